The molecule has 0 radical (unpaired) electrons. The van der Waals surface area contributed by atoms with E-state index >= 15 is 0 Å². The van der Waals surface area contributed by atoms with Crippen LogP contribution < -0.4 is 0 Å². The van der Waals surface area contributed by atoms with Crippen LogP contribution in [0.2, 0.25) is 0 Å². The number of hydrogen-bond donors (Lipinski definition) is 0. The van der Waals surface area contributed by atoms with Crippen molar-refractivity contribution in [3.8, 4) is 0 Å². The molecule has 0 amide bonds. The minimum atomic E-state index is -3.47. The van der Waals surface area contributed by atoms with Gasteiger partial charge >= 0.3 is 17.9 Å². The fraction of sp³-hybridized carbons (Fsp3) is 0.929. The van der Waals surface area contributed by atoms with Crippen LogP contribution in [0.5, 0.6) is 0 Å². The molecule has 8 fully saturated rings. The van der Waals surface area contributed by atoms with Crippen molar-refractivity contribution in [1.29, 1.82) is 0 Å². The lowest BCUT2D eigenvalue weighted by molar-refractivity contribution is -0.239. The first kappa shape index (κ1) is 24.1. The summed E-state index contributed by atoms with van der Waals surface area (Å²) in [5.74, 6) is -0.899. The number of halogens is 2. The lowest BCUT2D eigenvalue weighted by atomic mass is 9.45. The molecule has 8 aliphatic rings. The average Bonchev–Trinajstić information content (AvgIpc) is 2.80. The Bertz CT molecular complexity index is 827. The highest BCUT2D eigenvalue weighted by Crippen LogP contribution is 2.65. The van der Waals surface area contributed by atoms with Gasteiger partial charge in [0.15, 0.2) is 6.79 Å². The molecule has 0 aromatic rings. The maximum Gasteiger partial charge on any atom is 0.377 e. The van der Waals surface area contributed by atoms with Gasteiger partial charge in [0.1, 0.15) is 5.60 Å². The van der Waals surface area contributed by atoms with Crippen LogP contribution in [0.4, 0.5) is 8.78 Å². The van der Waals surface area contributed by atoms with Crippen LogP contribution in [-0.2, 0) is 23.8 Å². The summed E-state index contributed by atoms with van der Waals surface area (Å²) >= 11 is 0. The number of rotatable bonds is 8. The molecule has 0 spiro atoms. The minimum absolute atomic E-state index is 0.00163. The minimum Gasteiger partial charge on any atom is -0.454 e. The number of ether oxygens (including phenoxy) is 3. The fourth-order valence-electron chi connectivity index (χ4n) is 9.76. The third-order valence-electron chi connectivity index (χ3n) is 11.3. The molecule has 0 N–H and O–H groups in total. The van der Waals surface area contributed by atoms with E-state index in [-0.39, 0.29) is 24.6 Å². The fourth-order valence-corrected chi connectivity index (χ4v) is 9.76. The molecule has 0 saturated heterocycles. The van der Waals surface area contributed by atoms with Gasteiger partial charge in [-0.1, -0.05) is 6.92 Å². The summed E-state index contributed by atoms with van der Waals surface area (Å²) in [6, 6.07) is 0. The van der Waals surface area contributed by atoms with Crippen LogP contribution in [0.15, 0.2) is 0 Å². The third-order valence-corrected chi connectivity index (χ3v) is 11.3. The Labute approximate surface area is 207 Å². The van der Waals surface area contributed by atoms with Crippen LogP contribution in [-0.4, -0.2) is 36.9 Å². The first-order chi connectivity index (χ1) is 16.6. The number of alkyl halides is 2. The first-order valence-corrected chi connectivity index (χ1v) is 14.0. The lowest BCUT2D eigenvalue weighted by Gasteiger charge is -2.62. The number of hydrogen-bond acceptors (Lipinski definition) is 5. The SMILES string of the molecule is CCC(F)(F)C(=O)OC1(C)C2CC3CC1CC(C(=O)OCOCC1C4CC5CC(C4)CC1C5)(C3)C2. The van der Waals surface area contributed by atoms with Gasteiger partial charge < -0.3 is 14.2 Å². The Balaban J connectivity index is 1.04. The summed E-state index contributed by atoms with van der Waals surface area (Å²) in [4.78, 5) is 25.5. The molecule has 7 heteroatoms. The van der Waals surface area contributed by atoms with Crippen molar-refractivity contribution in [2.24, 2.45) is 52.8 Å². The van der Waals surface area contributed by atoms with Gasteiger partial charge in [-0.2, -0.15) is 8.78 Å². The van der Waals surface area contributed by atoms with Crippen molar-refractivity contribution < 1.29 is 32.6 Å². The second-order valence-electron chi connectivity index (χ2n) is 13.3. The molecule has 196 valence electrons. The van der Waals surface area contributed by atoms with E-state index in [2.05, 4.69) is 0 Å². The summed E-state index contributed by atoms with van der Waals surface area (Å²) in [5.41, 5.74) is -1.53. The zero-order valence-electron chi connectivity index (χ0n) is 21.1. The second-order valence-corrected chi connectivity index (χ2v) is 13.3. The Hall–Kier alpha value is -1.24. The molecule has 0 heterocycles. The van der Waals surface area contributed by atoms with Crippen LogP contribution in [0.1, 0.15) is 84.5 Å². The van der Waals surface area contributed by atoms with Crippen LogP contribution in [0.25, 0.3) is 0 Å². The van der Waals surface area contributed by atoms with Gasteiger partial charge in [0.2, 0.25) is 0 Å². The second kappa shape index (κ2) is 8.39. The van der Waals surface area contributed by atoms with Crippen molar-refractivity contribution in [2.75, 3.05) is 13.4 Å². The molecular weight excluding hydrogens is 454 g/mol. The summed E-state index contributed by atoms with van der Waals surface area (Å²) in [5, 5.41) is 0. The largest absolute Gasteiger partial charge is 0.454 e. The van der Waals surface area contributed by atoms with Crippen LogP contribution >= 0.6 is 0 Å². The Morgan fingerprint density at radius 1 is 0.886 bits per heavy atom. The summed E-state index contributed by atoms with van der Waals surface area (Å²) in [6.45, 7) is 3.77. The van der Waals surface area contributed by atoms with E-state index in [1.54, 1.807) is 6.92 Å². The Morgan fingerprint density at radius 2 is 1.49 bits per heavy atom. The van der Waals surface area contributed by atoms with Gasteiger partial charge in [-0.3, -0.25) is 4.79 Å². The molecule has 8 rings (SSSR count). The molecule has 2 unspecified atom stereocenters. The molecule has 8 aliphatic carbocycles. The highest BCUT2D eigenvalue weighted by Gasteiger charge is 2.65. The third kappa shape index (κ3) is 3.93. The predicted octanol–water partition coefficient (Wildman–Crippen LogP) is 5.75. The monoisotopic (exact) mass is 494 g/mol. The number of carbonyl (C=O) groups is 2. The smallest absolute Gasteiger partial charge is 0.377 e. The standard InChI is InChI=1S/C28H40F2O5/c1-3-28(29,30)25(32)35-26(2)21-9-18-10-22(26)13-27(11-18,12-21)24(31)34-15-33-14-23-19-5-16-4-17(7-19)8-20(23)6-16/h16-23H,3-15H2,1-2H3. The predicted molar refractivity (Wildman–Crippen MR) is 123 cm³/mol. The van der Waals surface area contributed by atoms with E-state index in [4.69, 9.17) is 14.2 Å². The highest BCUT2D eigenvalue weighted by atomic mass is 19.3. The summed E-state index contributed by atoms with van der Waals surface area (Å²) < 4.78 is 45.1. The van der Waals surface area contributed by atoms with Crippen molar-refractivity contribution in [3.05, 3.63) is 0 Å². The van der Waals surface area contributed by atoms with Gasteiger partial charge in [-0.15, -0.1) is 0 Å². The maximum atomic E-state index is 14.0. The number of esters is 2. The van der Waals surface area contributed by atoms with Gasteiger partial charge in [0, 0.05) is 18.3 Å². The van der Waals surface area contributed by atoms with Gasteiger partial charge in [-0.05, 0) is 107 Å². The van der Waals surface area contributed by atoms with Crippen LogP contribution in [0.3, 0.4) is 0 Å². The van der Waals surface area contributed by atoms with E-state index in [0.717, 1.165) is 42.9 Å². The maximum absolute atomic E-state index is 14.0. The molecule has 5 nitrogen and oxygen atoms in total. The van der Waals surface area contributed by atoms with Crippen molar-refractivity contribution >= 4 is 11.9 Å². The van der Waals surface area contributed by atoms with E-state index in [1.807, 2.05) is 0 Å². The van der Waals surface area contributed by atoms with Crippen LogP contribution in [0, 0.1) is 52.8 Å². The van der Waals surface area contributed by atoms with Crippen molar-refractivity contribution in [3.63, 3.8) is 0 Å². The quantitative estimate of drug-likeness (QED) is 0.244. The van der Waals surface area contributed by atoms with Crippen molar-refractivity contribution in [1.82, 2.24) is 0 Å². The zero-order chi connectivity index (χ0) is 24.6. The Morgan fingerprint density at radius 3 is 2.06 bits per heavy atom. The highest BCUT2D eigenvalue weighted by molar-refractivity contribution is 5.79. The Kier molecular flexibility index (Phi) is 5.78. The molecule has 8 bridgehead atoms. The molecular formula is C28H40F2O5. The van der Waals surface area contributed by atoms with Gasteiger partial charge in [0.05, 0.1) is 12.0 Å². The van der Waals surface area contributed by atoms with Gasteiger partial charge in [0.25, 0.3) is 0 Å². The zero-order valence-corrected chi connectivity index (χ0v) is 21.1. The van der Waals surface area contributed by atoms with E-state index in [1.165, 1.54) is 39.0 Å². The number of carbonyl (C=O) groups excluding carboxylic acids is 2. The molecule has 2 atom stereocenters. The topological polar surface area (TPSA) is 61.8 Å². The van der Waals surface area contributed by atoms with E-state index < -0.39 is 29.3 Å². The summed E-state index contributed by atoms with van der Waals surface area (Å²) in [6.07, 6.45) is 9.75. The molecule has 35 heavy (non-hydrogen) atoms. The molecule has 0 aromatic carbocycles. The first-order valence-electron chi connectivity index (χ1n) is 14.0. The molecule has 0 aliphatic heterocycles. The molecule has 0 aromatic heterocycles. The van der Waals surface area contributed by atoms with Gasteiger partial charge in [-0.25, -0.2) is 4.79 Å². The normalized spacial score (nSPS) is 47.2. The van der Waals surface area contributed by atoms with E-state index in [9.17, 15) is 18.4 Å². The lowest BCUT2D eigenvalue weighted by Crippen LogP contribution is -2.63. The summed E-state index contributed by atoms with van der Waals surface area (Å²) in [7, 11) is 0. The van der Waals surface area contributed by atoms with E-state index in [0.29, 0.717) is 31.3 Å². The average molecular weight is 495 g/mol. The van der Waals surface area contributed by atoms with Crippen molar-refractivity contribution in [2.45, 2.75) is 96.0 Å². The molecule has 8 saturated carbocycles.